The molecule has 0 bridgehead atoms. The third kappa shape index (κ3) is 3.25. The maximum atomic E-state index is 11.5. The van der Waals surface area contributed by atoms with Crippen LogP contribution in [-0.2, 0) is 0 Å². The van der Waals surface area contributed by atoms with Crippen LogP contribution in [0.15, 0.2) is 0 Å². The summed E-state index contributed by atoms with van der Waals surface area (Å²) in [5.74, 6) is 0.668. The molecule has 13 heavy (non-hydrogen) atoms. The number of amides is 2. The van der Waals surface area contributed by atoms with Crippen LogP contribution in [0.1, 0.15) is 33.1 Å². The standard InChI is InChI=1S/C10H20N2O/c1-3-6-11-10(13)12-7-4-5-9(2)8-12/h9H,3-8H2,1-2H3,(H,11,13). The van der Waals surface area contributed by atoms with Gasteiger partial charge in [0.05, 0.1) is 0 Å². The molecule has 0 aromatic rings. The molecule has 0 spiro atoms. The van der Waals surface area contributed by atoms with E-state index in [0.29, 0.717) is 5.92 Å². The molecule has 76 valence electrons. The van der Waals surface area contributed by atoms with Gasteiger partial charge in [-0.05, 0) is 25.2 Å². The summed E-state index contributed by atoms with van der Waals surface area (Å²) in [6.45, 7) is 6.93. The van der Waals surface area contributed by atoms with Gasteiger partial charge in [-0.1, -0.05) is 13.8 Å². The van der Waals surface area contributed by atoms with E-state index in [2.05, 4.69) is 19.2 Å². The second kappa shape index (κ2) is 5.10. The molecule has 0 aliphatic carbocycles. The van der Waals surface area contributed by atoms with Crippen molar-refractivity contribution >= 4 is 6.03 Å². The summed E-state index contributed by atoms with van der Waals surface area (Å²) in [7, 11) is 0. The predicted octanol–water partition coefficient (Wildman–Crippen LogP) is 1.84. The molecule has 2 amide bonds. The van der Waals surface area contributed by atoms with Crippen molar-refractivity contribution in [3.63, 3.8) is 0 Å². The largest absolute Gasteiger partial charge is 0.338 e. The Hall–Kier alpha value is -0.730. The first kappa shape index (κ1) is 10.4. The summed E-state index contributed by atoms with van der Waals surface area (Å²) in [4.78, 5) is 13.5. The number of hydrogen-bond acceptors (Lipinski definition) is 1. The number of rotatable bonds is 2. The van der Waals surface area contributed by atoms with E-state index in [1.54, 1.807) is 0 Å². The Morgan fingerprint density at radius 3 is 3.00 bits per heavy atom. The van der Waals surface area contributed by atoms with Crippen molar-refractivity contribution < 1.29 is 4.79 Å². The maximum absolute atomic E-state index is 11.5. The Kier molecular flexibility index (Phi) is 4.06. The topological polar surface area (TPSA) is 32.3 Å². The molecule has 1 saturated heterocycles. The Balaban J connectivity index is 2.28. The number of piperidine rings is 1. The fourth-order valence-corrected chi connectivity index (χ4v) is 1.72. The molecule has 1 N–H and O–H groups in total. The summed E-state index contributed by atoms with van der Waals surface area (Å²) in [5, 5.41) is 2.91. The SMILES string of the molecule is CCCNC(=O)N1CCCC(C)C1. The molecule has 0 radical (unpaired) electrons. The number of carbonyl (C=O) groups excluding carboxylic acids is 1. The van der Waals surface area contributed by atoms with Crippen molar-refractivity contribution in [2.24, 2.45) is 5.92 Å². The highest BCUT2D eigenvalue weighted by Gasteiger charge is 2.19. The lowest BCUT2D eigenvalue weighted by Crippen LogP contribution is -2.45. The molecule has 1 aliphatic rings. The van der Waals surface area contributed by atoms with Crippen LogP contribution in [-0.4, -0.2) is 30.6 Å². The normalized spacial score (nSPS) is 22.9. The zero-order chi connectivity index (χ0) is 9.68. The molecule has 3 heteroatoms. The van der Waals surface area contributed by atoms with Crippen LogP contribution < -0.4 is 5.32 Å². The number of carbonyl (C=O) groups is 1. The molecular formula is C10H20N2O. The monoisotopic (exact) mass is 184 g/mol. The lowest BCUT2D eigenvalue weighted by molar-refractivity contribution is 0.170. The third-order valence-corrected chi connectivity index (χ3v) is 2.47. The second-order valence-corrected chi connectivity index (χ2v) is 3.93. The summed E-state index contributed by atoms with van der Waals surface area (Å²) in [6.07, 6.45) is 3.42. The van der Waals surface area contributed by atoms with Gasteiger partial charge in [0.15, 0.2) is 0 Å². The number of hydrogen-bond donors (Lipinski definition) is 1. The molecule has 0 aromatic heterocycles. The minimum atomic E-state index is 0.119. The van der Waals surface area contributed by atoms with E-state index in [-0.39, 0.29) is 6.03 Å². The predicted molar refractivity (Wildman–Crippen MR) is 53.7 cm³/mol. The number of urea groups is 1. The van der Waals surface area contributed by atoms with E-state index in [9.17, 15) is 4.79 Å². The molecule has 1 aliphatic heterocycles. The van der Waals surface area contributed by atoms with Gasteiger partial charge in [0.1, 0.15) is 0 Å². The molecule has 3 nitrogen and oxygen atoms in total. The van der Waals surface area contributed by atoms with Gasteiger partial charge >= 0.3 is 6.03 Å². The maximum Gasteiger partial charge on any atom is 0.317 e. The van der Waals surface area contributed by atoms with E-state index in [4.69, 9.17) is 0 Å². The Bertz CT molecular complexity index is 170. The van der Waals surface area contributed by atoms with E-state index in [1.807, 2.05) is 4.90 Å². The molecule has 0 saturated carbocycles. The van der Waals surface area contributed by atoms with E-state index >= 15 is 0 Å². The summed E-state index contributed by atoms with van der Waals surface area (Å²) < 4.78 is 0. The first-order chi connectivity index (χ1) is 6.24. The zero-order valence-corrected chi connectivity index (χ0v) is 8.68. The summed E-state index contributed by atoms with van der Waals surface area (Å²) in [5.41, 5.74) is 0. The summed E-state index contributed by atoms with van der Waals surface area (Å²) in [6, 6.07) is 0.119. The zero-order valence-electron chi connectivity index (χ0n) is 8.68. The van der Waals surface area contributed by atoms with Crippen molar-refractivity contribution in [1.82, 2.24) is 10.2 Å². The van der Waals surface area contributed by atoms with Crippen molar-refractivity contribution in [3.8, 4) is 0 Å². The van der Waals surface area contributed by atoms with E-state index < -0.39 is 0 Å². The highest BCUT2D eigenvalue weighted by Crippen LogP contribution is 2.14. The van der Waals surface area contributed by atoms with Gasteiger partial charge in [-0.2, -0.15) is 0 Å². The van der Waals surface area contributed by atoms with Gasteiger partial charge in [0, 0.05) is 19.6 Å². The van der Waals surface area contributed by atoms with Crippen LogP contribution in [0.25, 0.3) is 0 Å². The van der Waals surface area contributed by atoms with Crippen molar-refractivity contribution in [3.05, 3.63) is 0 Å². The minimum Gasteiger partial charge on any atom is -0.338 e. The Morgan fingerprint density at radius 2 is 2.38 bits per heavy atom. The number of nitrogens with one attached hydrogen (secondary N) is 1. The smallest absolute Gasteiger partial charge is 0.317 e. The van der Waals surface area contributed by atoms with Crippen molar-refractivity contribution in [2.45, 2.75) is 33.1 Å². The van der Waals surface area contributed by atoms with Gasteiger partial charge in [-0.25, -0.2) is 4.79 Å². The lowest BCUT2D eigenvalue weighted by Gasteiger charge is -2.30. The molecular weight excluding hydrogens is 164 g/mol. The Labute approximate surface area is 80.5 Å². The fourth-order valence-electron chi connectivity index (χ4n) is 1.72. The number of likely N-dealkylation sites (tertiary alicyclic amines) is 1. The highest BCUT2D eigenvalue weighted by molar-refractivity contribution is 5.74. The van der Waals surface area contributed by atoms with Gasteiger partial charge in [0.2, 0.25) is 0 Å². The summed E-state index contributed by atoms with van der Waals surface area (Å²) >= 11 is 0. The minimum absolute atomic E-state index is 0.119. The van der Waals surface area contributed by atoms with Crippen LogP contribution in [0.3, 0.4) is 0 Å². The molecule has 1 rings (SSSR count). The Morgan fingerprint density at radius 1 is 1.62 bits per heavy atom. The molecule has 0 aromatic carbocycles. The van der Waals surface area contributed by atoms with Gasteiger partial charge < -0.3 is 10.2 Å². The van der Waals surface area contributed by atoms with Gasteiger partial charge in [0.25, 0.3) is 0 Å². The van der Waals surface area contributed by atoms with Crippen LogP contribution in [0.4, 0.5) is 4.79 Å². The number of nitrogens with zero attached hydrogens (tertiary/aromatic N) is 1. The molecule has 1 atom stereocenters. The molecule has 1 unspecified atom stereocenters. The molecule has 1 heterocycles. The first-order valence-electron chi connectivity index (χ1n) is 5.26. The molecule has 1 fully saturated rings. The van der Waals surface area contributed by atoms with Crippen LogP contribution in [0.5, 0.6) is 0 Å². The van der Waals surface area contributed by atoms with Gasteiger partial charge in [-0.15, -0.1) is 0 Å². The van der Waals surface area contributed by atoms with Crippen molar-refractivity contribution in [2.75, 3.05) is 19.6 Å². The van der Waals surface area contributed by atoms with Crippen LogP contribution in [0.2, 0.25) is 0 Å². The fraction of sp³-hybridized carbons (Fsp3) is 0.900. The third-order valence-electron chi connectivity index (χ3n) is 2.47. The first-order valence-corrected chi connectivity index (χ1v) is 5.26. The highest BCUT2D eigenvalue weighted by atomic mass is 16.2. The quantitative estimate of drug-likeness (QED) is 0.697. The second-order valence-electron chi connectivity index (χ2n) is 3.93. The van der Waals surface area contributed by atoms with Crippen LogP contribution in [0, 0.1) is 5.92 Å². The van der Waals surface area contributed by atoms with Crippen LogP contribution >= 0.6 is 0 Å². The average molecular weight is 184 g/mol. The van der Waals surface area contributed by atoms with Crippen molar-refractivity contribution in [1.29, 1.82) is 0 Å². The lowest BCUT2D eigenvalue weighted by atomic mass is 10.0. The van der Waals surface area contributed by atoms with Gasteiger partial charge in [-0.3, -0.25) is 0 Å². The van der Waals surface area contributed by atoms with E-state index in [1.165, 1.54) is 6.42 Å². The average Bonchev–Trinajstić information content (AvgIpc) is 2.14. The van der Waals surface area contributed by atoms with E-state index in [0.717, 1.165) is 32.5 Å².